The molecule has 0 fully saturated rings. The molecule has 0 N–H and O–H groups in total. The average molecular weight is 298 g/mol. The fraction of sp³-hybridized carbons (Fsp3) is 0.500. The van der Waals surface area contributed by atoms with Crippen LogP contribution in [-0.4, -0.2) is 24.4 Å². The topological polar surface area (TPSA) is 20.3 Å². The lowest BCUT2D eigenvalue weighted by Gasteiger charge is -2.18. The van der Waals surface area contributed by atoms with Crippen molar-refractivity contribution in [3.05, 3.63) is 33.8 Å². The number of benzene rings is 1. The summed E-state index contributed by atoms with van der Waals surface area (Å²) < 4.78 is 0.952. The van der Waals surface area contributed by atoms with E-state index in [0.29, 0.717) is 0 Å². The third-order valence-corrected chi connectivity index (χ3v) is 3.37. The summed E-state index contributed by atoms with van der Waals surface area (Å²) in [6.45, 7) is 4.97. The van der Waals surface area contributed by atoms with E-state index >= 15 is 0 Å². The first-order chi connectivity index (χ1) is 8.06. The van der Waals surface area contributed by atoms with E-state index in [9.17, 15) is 4.79 Å². The van der Waals surface area contributed by atoms with E-state index < -0.39 is 0 Å². The van der Waals surface area contributed by atoms with Gasteiger partial charge in [0.15, 0.2) is 0 Å². The standard InChI is InChI=1S/C14H20BrNO/c1-4-5-6-9-16(3)14(17)13-10-12(15)8-7-11(13)2/h7-8,10H,4-6,9H2,1-3H3. The first-order valence-electron chi connectivity index (χ1n) is 6.08. The molecule has 1 aromatic rings. The van der Waals surface area contributed by atoms with Gasteiger partial charge < -0.3 is 4.90 Å². The highest BCUT2D eigenvalue weighted by atomic mass is 79.9. The van der Waals surface area contributed by atoms with Crippen LogP contribution in [0.4, 0.5) is 0 Å². The molecule has 3 heteroatoms. The van der Waals surface area contributed by atoms with Crippen molar-refractivity contribution in [1.82, 2.24) is 4.90 Å². The summed E-state index contributed by atoms with van der Waals surface area (Å²) in [5, 5.41) is 0. The second-order valence-electron chi connectivity index (χ2n) is 4.39. The van der Waals surface area contributed by atoms with Gasteiger partial charge in [0.2, 0.25) is 0 Å². The van der Waals surface area contributed by atoms with Gasteiger partial charge in [-0.15, -0.1) is 0 Å². The summed E-state index contributed by atoms with van der Waals surface area (Å²) >= 11 is 3.41. The highest BCUT2D eigenvalue weighted by Crippen LogP contribution is 2.17. The van der Waals surface area contributed by atoms with Crippen LogP contribution in [0.2, 0.25) is 0 Å². The first kappa shape index (κ1) is 14.2. The quantitative estimate of drug-likeness (QED) is 0.752. The first-order valence-corrected chi connectivity index (χ1v) is 6.87. The Balaban J connectivity index is 2.71. The van der Waals surface area contributed by atoms with E-state index in [1.165, 1.54) is 12.8 Å². The zero-order valence-electron chi connectivity index (χ0n) is 10.8. The molecule has 0 bridgehead atoms. The number of nitrogens with zero attached hydrogens (tertiary/aromatic N) is 1. The summed E-state index contributed by atoms with van der Waals surface area (Å²) in [5.41, 5.74) is 1.82. The maximum absolute atomic E-state index is 12.2. The van der Waals surface area contributed by atoms with Gasteiger partial charge in [-0.25, -0.2) is 0 Å². The normalized spacial score (nSPS) is 10.4. The van der Waals surface area contributed by atoms with E-state index in [1.54, 1.807) is 0 Å². The molecule has 0 heterocycles. The fourth-order valence-electron chi connectivity index (χ4n) is 1.73. The molecule has 0 saturated carbocycles. The lowest BCUT2D eigenvalue weighted by atomic mass is 10.1. The van der Waals surface area contributed by atoms with Crippen LogP contribution in [-0.2, 0) is 0 Å². The second-order valence-corrected chi connectivity index (χ2v) is 5.31. The number of halogens is 1. The van der Waals surface area contributed by atoms with Crippen LogP contribution >= 0.6 is 15.9 Å². The fourth-order valence-corrected chi connectivity index (χ4v) is 2.09. The summed E-state index contributed by atoms with van der Waals surface area (Å²) in [6.07, 6.45) is 3.43. The van der Waals surface area contributed by atoms with Crippen LogP contribution < -0.4 is 0 Å². The van der Waals surface area contributed by atoms with Crippen molar-refractivity contribution in [2.75, 3.05) is 13.6 Å². The third-order valence-electron chi connectivity index (χ3n) is 2.87. The highest BCUT2D eigenvalue weighted by Gasteiger charge is 2.13. The van der Waals surface area contributed by atoms with Crippen molar-refractivity contribution in [2.24, 2.45) is 0 Å². The zero-order valence-corrected chi connectivity index (χ0v) is 12.4. The van der Waals surface area contributed by atoms with E-state index in [4.69, 9.17) is 0 Å². The molecule has 0 aromatic heterocycles. The van der Waals surface area contributed by atoms with E-state index in [2.05, 4.69) is 22.9 Å². The van der Waals surface area contributed by atoms with E-state index in [-0.39, 0.29) is 5.91 Å². The molecule has 0 aliphatic carbocycles. The van der Waals surface area contributed by atoms with Crippen molar-refractivity contribution < 1.29 is 4.79 Å². The Hall–Kier alpha value is -0.830. The Labute approximate surface area is 112 Å². The molecule has 17 heavy (non-hydrogen) atoms. The Bertz CT molecular complexity index is 390. The molecule has 0 aliphatic heterocycles. The molecule has 1 aromatic carbocycles. The number of aryl methyl sites for hydroxylation is 1. The van der Waals surface area contributed by atoms with E-state index in [0.717, 1.165) is 28.6 Å². The minimum Gasteiger partial charge on any atom is -0.342 e. The van der Waals surface area contributed by atoms with Gasteiger partial charge in [-0.1, -0.05) is 41.8 Å². The molecule has 0 atom stereocenters. The van der Waals surface area contributed by atoms with Crippen LogP contribution in [0.25, 0.3) is 0 Å². The van der Waals surface area contributed by atoms with Gasteiger partial charge in [0, 0.05) is 23.6 Å². The lowest BCUT2D eigenvalue weighted by molar-refractivity contribution is 0.0792. The average Bonchev–Trinajstić information content (AvgIpc) is 2.31. The summed E-state index contributed by atoms with van der Waals surface area (Å²) in [4.78, 5) is 14.0. The Kier molecular flexibility index (Phi) is 5.69. The monoisotopic (exact) mass is 297 g/mol. The molecule has 0 aliphatic rings. The van der Waals surface area contributed by atoms with Crippen LogP contribution in [0, 0.1) is 6.92 Å². The molecule has 2 nitrogen and oxygen atoms in total. The number of hydrogen-bond donors (Lipinski definition) is 0. The molecule has 1 rings (SSSR count). The van der Waals surface area contributed by atoms with Gasteiger partial charge in [-0.3, -0.25) is 4.79 Å². The highest BCUT2D eigenvalue weighted by molar-refractivity contribution is 9.10. The number of hydrogen-bond acceptors (Lipinski definition) is 1. The van der Waals surface area contributed by atoms with Gasteiger partial charge in [0.25, 0.3) is 5.91 Å². The molecule has 0 radical (unpaired) electrons. The summed E-state index contributed by atoms with van der Waals surface area (Å²) in [6, 6.07) is 5.83. The number of amides is 1. The second kappa shape index (κ2) is 6.80. The van der Waals surface area contributed by atoms with Gasteiger partial charge in [0.1, 0.15) is 0 Å². The molecule has 1 amide bonds. The molecule has 0 unspecified atom stereocenters. The predicted octanol–water partition coefficient (Wildman–Crippen LogP) is 4.02. The van der Waals surface area contributed by atoms with Crippen molar-refractivity contribution in [1.29, 1.82) is 0 Å². The Morgan fingerprint density at radius 3 is 2.71 bits per heavy atom. The molecular formula is C14H20BrNO. The zero-order chi connectivity index (χ0) is 12.8. The van der Waals surface area contributed by atoms with Crippen molar-refractivity contribution in [2.45, 2.75) is 33.1 Å². The van der Waals surface area contributed by atoms with Crippen LogP contribution in [0.3, 0.4) is 0 Å². The lowest BCUT2D eigenvalue weighted by Crippen LogP contribution is -2.28. The minimum atomic E-state index is 0.111. The SMILES string of the molecule is CCCCCN(C)C(=O)c1cc(Br)ccc1C. The van der Waals surface area contributed by atoms with Gasteiger partial charge in [-0.05, 0) is 31.0 Å². The van der Waals surface area contributed by atoms with Crippen molar-refractivity contribution >= 4 is 21.8 Å². The summed E-state index contributed by atoms with van der Waals surface area (Å²) in [7, 11) is 1.87. The number of unbranched alkanes of at least 4 members (excludes halogenated alkanes) is 2. The predicted molar refractivity (Wildman–Crippen MR) is 75.4 cm³/mol. The summed E-state index contributed by atoms with van der Waals surface area (Å²) in [5.74, 6) is 0.111. The number of carbonyl (C=O) groups excluding carboxylic acids is 1. The minimum absolute atomic E-state index is 0.111. The largest absolute Gasteiger partial charge is 0.342 e. The number of rotatable bonds is 5. The Morgan fingerprint density at radius 1 is 1.35 bits per heavy atom. The van der Waals surface area contributed by atoms with Crippen molar-refractivity contribution in [3.63, 3.8) is 0 Å². The van der Waals surface area contributed by atoms with Gasteiger partial charge in [0.05, 0.1) is 0 Å². The smallest absolute Gasteiger partial charge is 0.253 e. The van der Waals surface area contributed by atoms with Gasteiger partial charge in [-0.2, -0.15) is 0 Å². The van der Waals surface area contributed by atoms with Gasteiger partial charge >= 0.3 is 0 Å². The van der Waals surface area contributed by atoms with Crippen molar-refractivity contribution in [3.8, 4) is 0 Å². The van der Waals surface area contributed by atoms with Crippen LogP contribution in [0.15, 0.2) is 22.7 Å². The number of carbonyl (C=O) groups is 1. The third kappa shape index (κ3) is 4.15. The van der Waals surface area contributed by atoms with E-state index in [1.807, 2.05) is 37.1 Å². The Morgan fingerprint density at radius 2 is 2.06 bits per heavy atom. The maximum atomic E-state index is 12.2. The van der Waals surface area contributed by atoms with Crippen LogP contribution in [0.1, 0.15) is 42.1 Å². The molecule has 94 valence electrons. The molecule has 0 spiro atoms. The molecule has 0 saturated heterocycles. The van der Waals surface area contributed by atoms with Crippen LogP contribution in [0.5, 0.6) is 0 Å². The molecular weight excluding hydrogens is 278 g/mol. The maximum Gasteiger partial charge on any atom is 0.253 e.